The molecule has 0 bridgehead atoms. The first-order chi connectivity index (χ1) is 7.39. The van der Waals surface area contributed by atoms with Gasteiger partial charge in [-0.3, -0.25) is 9.59 Å². The molecule has 0 fully saturated rings. The third-order valence-electron chi connectivity index (χ3n) is 2.59. The molecule has 0 saturated heterocycles. The first kappa shape index (κ1) is 12.9. The van der Waals surface area contributed by atoms with Crippen LogP contribution < -0.4 is 21.9 Å². The normalized spacial score (nSPS) is 12.0. The Morgan fingerprint density at radius 3 is 2.25 bits per heavy atom. The molecule has 1 rings (SSSR count). The average molecular weight is 224 g/mol. The number of rotatable bonds is 5. The summed E-state index contributed by atoms with van der Waals surface area (Å²) in [5.41, 5.74) is 5.54. The Labute approximate surface area is 95.5 Å². The van der Waals surface area contributed by atoms with E-state index in [4.69, 9.17) is 5.73 Å². The quantitative estimate of drug-likeness (QED) is 0.571. The minimum Gasteiger partial charge on any atom is -0.381 e. The van der Waals surface area contributed by atoms with Crippen LogP contribution in [0.15, 0.2) is 9.59 Å². The third-order valence-corrected chi connectivity index (χ3v) is 2.59. The van der Waals surface area contributed by atoms with E-state index in [1.54, 1.807) is 0 Å². The highest BCUT2D eigenvalue weighted by Crippen LogP contribution is 2.25. The van der Waals surface area contributed by atoms with Gasteiger partial charge in [-0.05, 0) is 24.8 Å². The highest BCUT2D eigenvalue weighted by molar-refractivity contribution is 5.59. The maximum Gasteiger partial charge on any atom is 0.249 e. The molecule has 16 heavy (non-hydrogen) atoms. The van der Waals surface area contributed by atoms with Crippen molar-refractivity contribution >= 4 is 5.69 Å². The van der Waals surface area contributed by atoms with Crippen molar-refractivity contribution in [1.29, 1.82) is 0 Å². The number of anilines is 1. The van der Waals surface area contributed by atoms with Crippen LogP contribution in [0.25, 0.3) is 0 Å². The fourth-order valence-corrected chi connectivity index (χ4v) is 1.76. The van der Waals surface area contributed by atoms with Gasteiger partial charge in [-0.1, -0.05) is 20.8 Å². The lowest BCUT2D eigenvalue weighted by Gasteiger charge is -2.24. The van der Waals surface area contributed by atoms with Crippen LogP contribution in [0.1, 0.15) is 39.2 Å². The number of hydrogen-bond donors (Lipinski definition) is 2. The molecule has 90 valence electrons. The number of nitrogens with one attached hydrogen (secondary N) is 1. The summed E-state index contributed by atoms with van der Waals surface area (Å²) in [7, 11) is 0. The summed E-state index contributed by atoms with van der Waals surface area (Å²) in [5.74, 6) is 0. The second kappa shape index (κ2) is 4.78. The van der Waals surface area contributed by atoms with Crippen molar-refractivity contribution in [2.24, 2.45) is 5.73 Å². The summed E-state index contributed by atoms with van der Waals surface area (Å²) in [6.07, 6.45) is 1.84. The Hall–Kier alpha value is -1.16. The molecule has 0 atom stereocenters. The zero-order valence-electron chi connectivity index (χ0n) is 10.2. The van der Waals surface area contributed by atoms with Crippen LogP contribution in [0.3, 0.4) is 0 Å². The zero-order valence-corrected chi connectivity index (χ0v) is 10.2. The van der Waals surface area contributed by atoms with E-state index in [2.05, 4.69) is 5.32 Å². The van der Waals surface area contributed by atoms with E-state index in [9.17, 15) is 9.59 Å². The molecule has 1 aromatic carbocycles. The lowest BCUT2D eigenvalue weighted by atomic mass is 9.82. The van der Waals surface area contributed by atoms with E-state index in [1.807, 2.05) is 20.8 Å². The maximum absolute atomic E-state index is 11.4. The van der Waals surface area contributed by atoms with Gasteiger partial charge >= 0.3 is 0 Å². The standard InChI is InChI=1S/C12H20N2O2/c1-12(2,3)8-9(11(16)10(8)15)14-7-5-4-6-13/h14H,4-7,13H2,1-3H3. The van der Waals surface area contributed by atoms with Crippen LogP contribution in [0.2, 0.25) is 0 Å². The van der Waals surface area contributed by atoms with Gasteiger partial charge in [0.2, 0.25) is 10.9 Å². The molecule has 0 spiro atoms. The predicted octanol–water partition coefficient (Wildman–Crippen LogP) is 0.731. The number of nitrogens with two attached hydrogens (primary N) is 1. The van der Waals surface area contributed by atoms with E-state index in [1.165, 1.54) is 0 Å². The first-order valence-corrected chi connectivity index (χ1v) is 5.67. The van der Waals surface area contributed by atoms with E-state index < -0.39 is 0 Å². The molecule has 0 unspecified atom stereocenters. The van der Waals surface area contributed by atoms with Crippen LogP contribution in [-0.4, -0.2) is 13.1 Å². The van der Waals surface area contributed by atoms with E-state index in [0.717, 1.165) is 12.8 Å². The summed E-state index contributed by atoms with van der Waals surface area (Å²) < 4.78 is 0. The Morgan fingerprint density at radius 2 is 1.75 bits per heavy atom. The molecule has 4 nitrogen and oxygen atoms in total. The fourth-order valence-electron chi connectivity index (χ4n) is 1.76. The second-order valence-corrected chi connectivity index (χ2v) is 5.08. The van der Waals surface area contributed by atoms with E-state index >= 15 is 0 Å². The molecular weight excluding hydrogens is 204 g/mol. The van der Waals surface area contributed by atoms with Gasteiger partial charge in [0.25, 0.3) is 0 Å². The molecular formula is C12H20N2O2. The Morgan fingerprint density at radius 1 is 1.12 bits per heavy atom. The van der Waals surface area contributed by atoms with Gasteiger partial charge in [0.15, 0.2) is 0 Å². The molecule has 0 radical (unpaired) electrons. The Balaban J connectivity index is 2.71. The SMILES string of the molecule is CC(C)(C)c1c(NCCCCN)c(=O)c1=O. The Bertz CT molecular complexity index is 423. The van der Waals surface area contributed by atoms with Crippen LogP contribution in [0, 0.1) is 0 Å². The number of hydrogen-bond acceptors (Lipinski definition) is 4. The smallest absolute Gasteiger partial charge is 0.249 e. The Kier molecular flexibility index (Phi) is 3.86. The highest BCUT2D eigenvalue weighted by atomic mass is 16.2. The van der Waals surface area contributed by atoms with Crippen molar-refractivity contribution in [2.45, 2.75) is 39.0 Å². The second-order valence-electron chi connectivity index (χ2n) is 5.08. The van der Waals surface area contributed by atoms with Crippen molar-refractivity contribution in [2.75, 3.05) is 18.4 Å². The lowest BCUT2D eigenvalue weighted by Crippen LogP contribution is -2.43. The van der Waals surface area contributed by atoms with Gasteiger partial charge in [-0.2, -0.15) is 0 Å². The van der Waals surface area contributed by atoms with Crippen LogP contribution in [0.5, 0.6) is 0 Å². The summed E-state index contributed by atoms with van der Waals surface area (Å²) in [5, 5.41) is 3.04. The minimum atomic E-state index is -0.377. The summed E-state index contributed by atoms with van der Waals surface area (Å²) in [6, 6.07) is 0. The first-order valence-electron chi connectivity index (χ1n) is 5.67. The molecule has 1 aromatic rings. The summed E-state index contributed by atoms with van der Waals surface area (Å²) >= 11 is 0. The van der Waals surface area contributed by atoms with Gasteiger partial charge in [-0.25, -0.2) is 0 Å². The lowest BCUT2D eigenvalue weighted by molar-refractivity contribution is 0.579. The molecule has 0 heterocycles. The molecule has 3 N–H and O–H groups in total. The van der Waals surface area contributed by atoms with Crippen molar-refractivity contribution in [3.05, 3.63) is 26.0 Å². The van der Waals surface area contributed by atoms with Crippen molar-refractivity contribution in [1.82, 2.24) is 0 Å². The fraction of sp³-hybridized carbons (Fsp3) is 0.667. The molecule has 0 aliphatic rings. The van der Waals surface area contributed by atoms with E-state index in [-0.39, 0.29) is 16.3 Å². The van der Waals surface area contributed by atoms with Gasteiger partial charge in [0.05, 0.1) is 5.69 Å². The topological polar surface area (TPSA) is 72.2 Å². The monoisotopic (exact) mass is 224 g/mol. The van der Waals surface area contributed by atoms with Gasteiger partial charge < -0.3 is 11.1 Å². The molecule has 0 aliphatic heterocycles. The van der Waals surface area contributed by atoms with Gasteiger partial charge in [0.1, 0.15) is 0 Å². The minimum absolute atomic E-state index is 0.263. The molecule has 0 amide bonds. The highest BCUT2D eigenvalue weighted by Gasteiger charge is 2.29. The van der Waals surface area contributed by atoms with E-state index in [0.29, 0.717) is 24.3 Å². The molecule has 4 heteroatoms. The van der Waals surface area contributed by atoms with Crippen molar-refractivity contribution < 1.29 is 0 Å². The number of unbranched alkanes of at least 4 members (excludes halogenated alkanes) is 1. The van der Waals surface area contributed by atoms with Crippen LogP contribution in [0.4, 0.5) is 5.69 Å². The zero-order chi connectivity index (χ0) is 12.3. The maximum atomic E-state index is 11.4. The summed E-state index contributed by atoms with van der Waals surface area (Å²) in [4.78, 5) is 22.8. The van der Waals surface area contributed by atoms with Gasteiger partial charge in [0, 0.05) is 12.1 Å². The van der Waals surface area contributed by atoms with Crippen LogP contribution >= 0.6 is 0 Å². The molecule has 0 aliphatic carbocycles. The van der Waals surface area contributed by atoms with Crippen molar-refractivity contribution in [3.8, 4) is 0 Å². The predicted molar refractivity (Wildman–Crippen MR) is 66.8 cm³/mol. The average Bonchev–Trinajstić information content (AvgIpc) is 2.19. The van der Waals surface area contributed by atoms with Gasteiger partial charge in [-0.15, -0.1) is 0 Å². The van der Waals surface area contributed by atoms with Crippen LogP contribution in [-0.2, 0) is 5.41 Å². The molecule has 0 aromatic heterocycles. The largest absolute Gasteiger partial charge is 0.381 e. The summed E-state index contributed by atoms with van der Waals surface area (Å²) in [6.45, 7) is 7.17. The third kappa shape index (κ3) is 2.50. The van der Waals surface area contributed by atoms with Crippen molar-refractivity contribution in [3.63, 3.8) is 0 Å². The molecule has 0 saturated carbocycles.